The van der Waals surface area contributed by atoms with Crippen LogP contribution < -0.4 is 4.74 Å². The normalized spacial score (nSPS) is 15.6. The lowest BCUT2D eigenvalue weighted by Crippen LogP contribution is -2.49. The summed E-state index contributed by atoms with van der Waals surface area (Å²) in [6, 6.07) is 20.6. The molecule has 30 heavy (non-hydrogen) atoms. The molecule has 0 radical (unpaired) electrons. The number of hydrogen-bond acceptors (Lipinski definition) is 5. The molecule has 1 fully saturated rings. The molecular weight excluding hydrogens is 378 g/mol. The molecule has 1 aromatic heterocycles. The number of β-amino-alcohol motifs (C(OH)–C–C–N with tert-alkyl or cyclic N) is 1. The largest absolute Gasteiger partial charge is 0.455 e. The number of aliphatic hydroxyl groups is 1. The SMILES string of the molecule is O=C(c1ccccc1Oc1cccnc1)N1CCN(CC(O)c2ccccc2)CC1. The minimum Gasteiger partial charge on any atom is -0.455 e. The Bertz CT molecular complexity index is 958. The van der Waals surface area contributed by atoms with E-state index in [0.717, 1.165) is 18.7 Å². The Morgan fingerprint density at radius 1 is 0.967 bits per heavy atom. The summed E-state index contributed by atoms with van der Waals surface area (Å²) in [4.78, 5) is 21.2. The first kappa shape index (κ1) is 20.1. The van der Waals surface area contributed by atoms with Crippen LogP contribution in [0.1, 0.15) is 22.0 Å². The van der Waals surface area contributed by atoms with Gasteiger partial charge >= 0.3 is 0 Å². The van der Waals surface area contributed by atoms with Crippen LogP contribution in [0.5, 0.6) is 11.5 Å². The van der Waals surface area contributed by atoms with Crippen molar-refractivity contribution in [1.29, 1.82) is 0 Å². The molecule has 1 amide bonds. The van der Waals surface area contributed by atoms with E-state index in [1.165, 1.54) is 0 Å². The van der Waals surface area contributed by atoms with Gasteiger partial charge in [0.1, 0.15) is 11.5 Å². The molecule has 1 N–H and O–H groups in total. The van der Waals surface area contributed by atoms with Crippen molar-refractivity contribution in [2.45, 2.75) is 6.10 Å². The van der Waals surface area contributed by atoms with Gasteiger partial charge in [0, 0.05) is 38.9 Å². The molecule has 2 aromatic carbocycles. The molecule has 0 aliphatic carbocycles. The van der Waals surface area contributed by atoms with E-state index in [4.69, 9.17) is 4.74 Å². The Morgan fingerprint density at radius 2 is 1.70 bits per heavy atom. The first-order valence-electron chi connectivity index (χ1n) is 10.1. The van der Waals surface area contributed by atoms with Gasteiger partial charge in [0.2, 0.25) is 0 Å². The molecule has 0 bridgehead atoms. The quantitative estimate of drug-likeness (QED) is 0.684. The van der Waals surface area contributed by atoms with Gasteiger partial charge in [0.05, 0.1) is 17.9 Å². The Kier molecular flexibility index (Phi) is 6.37. The monoisotopic (exact) mass is 403 g/mol. The third-order valence-corrected chi connectivity index (χ3v) is 5.25. The van der Waals surface area contributed by atoms with Crippen molar-refractivity contribution in [3.63, 3.8) is 0 Å². The number of ether oxygens (including phenoxy) is 1. The summed E-state index contributed by atoms with van der Waals surface area (Å²) < 4.78 is 5.89. The van der Waals surface area contributed by atoms with Crippen molar-refractivity contribution in [2.24, 2.45) is 0 Å². The summed E-state index contributed by atoms with van der Waals surface area (Å²) in [6.07, 6.45) is 2.78. The van der Waals surface area contributed by atoms with Crippen LogP contribution in [0.3, 0.4) is 0 Å². The molecular formula is C24H25N3O3. The molecule has 1 aliphatic heterocycles. The standard InChI is InChI=1S/C24H25N3O3/c28-22(19-7-2-1-3-8-19)18-26-13-15-27(16-14-26)24(29)21-10-4-5-11-23(21)30-20-9-6-12-25-17-20/h1-12,17,22,28H,13-16,18H2. The van der Waals surface area contributed by atoms with Crippen LogP contribution in [-0.4, -0.2) is 58.5 Å². The number of aliphatic hydroxyl groups excluding tert-OH is 1. The third-order valence-electron chi connectivity index (χ3n) is 5.25. The van der Waals surface area contributed by atoms with E-state index in [9.17, 15) is 9.90 Å². The molecule has 6 heteroatoms. The van der Waals surface area contributed by atoms with Crippen LogP contribution in [0.15, 0.2) is 79.1 Å². The highest BCUT2D eigenvalue weighted by Gasteiger charge is 2.25. The molecule has 0 saturated carbocycles. The Hall–Kier alpha value is -3.22. The Labute approximate surface area is 176 Å². The van der Waals surface area contributed by atoms with Crippen LogP contribution >= 0.6 is 0 Å². The second kappa shape index (κ2) is 9.52. The van der Waals surface area contributed by atoms with Crippen LogP contribution in [0.2, 0.25) is 0 Å². The smallest absolute Gasteiger partial charge is 0.257 e. The summed E-state index contributed by atoms with van der Waals surface area (Å²) in [5.41, 5.74) is 1.46. The van der Waals surface area contributed by atoms with Gasteiger partial charge in [-0.25, -0.2) is 0 Å². The fraction of sp³-hybridized carbons (Fsp3) is 0.250. The number of carbonyl (C=O) groups is 1. The molecule has 2 heterocycles. The van der Waals surface area contributed by atoms with Crippen molar-refractivity contribution in [3.05, 3.63) is 90.3 Å². The number of para-hydroxylation sites is 1. The van der Waals surface area contributed by atoms with E-state index in [-0.39, 0.29) is 5.91 Å². The van der Waals surface area contributed by atoms with E-state index < -0.39 is 6.10 Å². The molecule has 1 aliphatic rings. The maximum atomic E-state index is 13.1. The van der Waals surface area contributed by atoms with Gasteiger partial charge in [-0.1, -0.05) is 42.5 Å². The minimum atomic E-state index is -0.526. The molecule has 0 spiro atoms. The van der Waals surface area contributed by atoms with Crippen molar-refractivity contribution in [3.8, 4) is 11.5 Å². The Morgan fingerprint density at radius 3 is 2.43 bits per heavy atom. The fourth-order valence-corrected chi connectivity index (χ4v) is 3.60. The average molecular weight is 403 g/mol. The zero-order valence-electron chi connectivity index (χ0n) is 16.7. The van der Waals surface area contributed by atoms with E-state index in [0.29, 0.717) is 36.7 Å². The maximum absolute atomic E-state index is 13.1. The lowest BCUT2D eigenvalue weighted by molar-refractivity contribution is 0.0525. The number of hydrogen-bond donors (Lipinski definition) is 1. The number of nitrogens with zero attached hydrogens (tertiary/aromatic N) is 3. The second-order valence-corrected chi connectivity index (χ2v) is 7.31. The minimum absolute atomic E-state index is 0.0438. The number of rotatable bonds is 6. The average Bonchev–Trinajstić information content (AvgIpc) is 2.81. The zero-order valence-corrected chi connectivity index (χ0v) is 16.7. The number of pyridine rings is 1. The van der Waals surface area contributed by atoms with Crippen molar-refractivity contribution in [2.75, 3.05) is 32.7 Å². The lowest BCUT2D eigenvalue weighted by Gasteiger charge is -2.35. The van der Waals surface area contributed by atoms with E-state index >= 15 is 0 Å². The molecule has 6 nitrogen and oxygen atoms in total. The van der Waals surface area contributed by atoms with Crippen molar-refractivity contribution < 1.29 is 14.6 Å². The van der Waals surface area contributed by atoms with Gasteiger partial charge in [-0.2, -0.15) is 0 Å². The lowest BCUT2D eigenvalue weighted by atomic mass is 10.1. The van der Waals surface area contributed by atoms with Gasteiger partial charge in [0.15, 0.2) is 0 Å². The topological polar surface area (TPSA) is 65.9 Å². The van der Waals surface area contributed by atoms with Crippen LogP contribution in [0, 0.1) is 0 Å². The predicted octanol–water partition coefficient (Wildman–Crippen LogP) is 3.37. The van der Waals surface area contributed by atoms with Gasteiger partial charge in [-0.3, -0.25) is 14.7 Å². The number of aromatic nitrogens is 1. The summed E-state index contributed by atoms with van der Waals surface area (Å²) in [7, 11) is 0. The van der Waals surface area contributed by atoms with Gasteiger partial charge < -0.3 is 14.7 Å². The summed E-state index contributed by atoms with van der Waals surface area (Å²) >= 11 is 0. The summed E-state index contributed by atoms with van der Waals surface area (Å²) in [6.45, 7) is 3.23. The van der Waals surface area contributed by atoms with E-state index in [1.54, 1.807) is 30.6 Å². The maximum Gasteiger partial charge on any atom is 0.257 e. The summed E-state index contributed by atoms with van der Waals surface area (Å²) in [5, 5.41) is 10.5. The van der Waals surface area contributed by atoms with Crippen LogP contribution in [-0.2, 0) is 0 Å². The van der Waals surface area contributed by atoms with E-state index in [2.05, 4.69) is 9.88 Å². The number of carbonyl (C=O) groups excluding carboxylic acids is 1. The van der Waals surface area contributed by atoms with Crippen LogP contribution in [0.4, 0.5) is 0 Å². The number of amides is 1. The third kappa shape index (κ3) is 4.84. The van der Waals surface area contributed by atoms with E-state index in [1.807, 2.05) is 53.4 Å². The zero-order chi connectivity index (χ0) is 20.8. The molecule has 1 saturated heterocycles. The fourth-order valence-electron chi connectivity index (χ4n) is 3.60. The van der Waals surface area contributed by atoms with Gasteiger partial charge in [0.25, 0.3) is 5.91 Å². The molecule has 4 rings (SSSR count). The van der Waals surface area contributed by atoms with Gasteiger partial charge in [-0.05, 0) is 29.8 Å². The first-order chi connectivity index (χ1) is 14.7. The first-order valence-corrected chi connectivity index (χ1v) is 10.1. The highest BCUT2D eigenvalue weighted by Crippen LogP contribution is 2.26. The van der Waals surface area contributed by atoms with Crippen molar-refractivity contribution in [1.82, 2.24) is 14.8 Å². The predicted molar refractivity (Wildman–Crippen MR) is 114 cm³/mol. The van der Waals surface area contributed by atoms with Crippen molar-refractivity contribution >= 4 is 5.91 Å². The van der Waals surface area contributed by atoms with Crippen LogP contribution in [0.25, 0.3) is 0 Å². The highest BCUT2D eigenvalue weighted by molar-refractivity contribution is 5.97. The highest BCUT2D eigenvalue weighted by atomic mass is 16.5. The molecule has 154 valence electrons. The Balaban J connectivity index is 1.37. The second-order valence-electron chi connectivity index (χ2n) is 7.31. The molecule has 1 atom stereocenters. The number of benzene rings is 2. The number of piperazine rings is 1. The van der Waals surface area contributed by atoms with Gasteiger partial charge in [-0.15, -0.1) is 0 Å². The molecule has 3 aromatic rings. The molecule has 1 unspecified atom stereocenters. The summed E-state index contributed by atoms with van der Waals surface area (Å²) in [5.74, 6) is 1.08.